The van der Waals surface area contributed by atoms with Gasteiger partial charge in [0.05, 0.1) is 22.1 Å². The molecule has 0 aliphatic carbocycles. The molecule has 2 rings (SSSR count). The van der Waals surface area contributed by atoms with Crippen molar-refractivity contribution < 1.29 is 13.9 Å². The number of fused-ring (bicyclic) bond motifs is 1. The number of anilines is 1. The quantitative estimate of drug-likeness (QED) is 0.847. The van der Waals surface area contributed by atoms with Crippen molar-refractivity contribution in [1.29, 1.82) is 0 Å². The average molecular weight is 344 g/mol. The maximum Gasteiger partial charge on any atom is 0.305 e. The van der Waals surface area contributed by atoms with Gasteiger partial charge in [0.2, 0.25) is 5.95 Å². The van der Waals surface area contributed by atoms with Gasteiger partial charge in [-0.1, -0.05) is 0 Å². The van der Waals surface area contributed by atoms with Crippen molar-refractivity contribution in [1.82, 2.24) is 9.55 Å². The Balaban J connectivity index is 2.15. The summed E-state index contributed by atoms with van der Waals surface area (Å²) in [5, 5.41) is 0. The lowest BCUT2D eigenvalue weighted by atomic mass is 10.3. The Bertz CT molecular complexity index is 642. The summed E-state index contributed by atoms with van der Waals surface area (Å²) in [5.74, 6) is -0.310. The van der Waals surface area contributed by atoms with Crippen LogP contribution in [0.1, 0.15) is 19.8 Å². The van der Waals surface area contributed by atoms with Gasteiger partial charge in [0.25, 0.3) is 0 Å². The Morgan fingerprint density at radius 2 is 2.30 bits per heavy atom. The van der Waals surface area contributed by atoms with Crippen LogP contribution in [0.25, 0.3) is 11.0 Å². The van der Waals surface area contributed by atoms with Crippen LogP contribution in [-0.2, 0) is 16.1 Å². The highest BCUT2D eigenvalue weighted by Gasteiger charge is 2.12. The van der Waals surface area contributed by atoms with Crippen LogP contribution < -0.4 is 5.73 Å². The van der Waals surface area contributed by atoms with E-state index >= 15 is 0 Å². The van der Waals surface area contributed by atoms with E-state index in [1.807, 2.05) is 0 Å². The highest BCUT2D eigenvalue weighted by Crippen LogP contribution is 2.25. The number of rotatable bonds is 5. The van der Waals surface area contributed by atoms with Crippen molar-refractivity contribution >= 4 is 38.9 Å². The molecule has 0 aliphatic heterocycles. The number of hydrogen-bond acceptors (Lipinski definition) is 4. The topological polar surface area (TPSA) is 70.1 Å². The van der Waals surface area contributed by atoms with Crippen molar-refractivity contribution in [3.05, 3.63) is 22.4 Å². The number of aryl methyl sites for hydroxylation is 1. The minimum atomic E-state index is -0.371. The fourth-order valence-corrected chi connectivity index (χ4v) is 2.32. The molecule has 108 valence electrons. The zero-order chi connectivity index (χ0) is 14.7. The molecule has 0 radical (unpaired) electrons. The number of hydrogen-bond donors (Lipinski definition) is 1. The monoisotopic (exact) mass is 343 g/mol. The van der Waals surface area contributed by atoms with Crippen LogP contribution in [0, 0.1) is 5.82 Å². The Labute approximate surface area is 124 Å². The van der Waals surface area contributed by atoms with Gasteiger partial charge in [0, 0.05) is 19.0 Å². The molecule has 0 bridgehead atoms. The lowest BCUT2D eigenvalue weighted by Crippen LogP contribution is -2.08. The van der Waals surface area contributed by atoms with Gasteiger partial charge in [-0.2, -0.15) is 0 Å². The lowest BCUT2D eigenvalue weighted by molar-refractivity contribution is -0.143. The molecule has 0 saturated heterocycles. The first-order valence-electron chi connectivity index (χ1n) is 6.29. The first kappa shape index (κ1) is 14.8. The Kier molecular flexibility index (Phi) is 4.59. The molecule has 1 aromatic heterocycles. The number of aromatic nitrogens is 2. The summed E-state index contributed by atoms with van der Waals surface area (Å²) in [6.45, 7) is 2.62. The first-order valence-corrected chi connectivity index (χ1v) is 7.08. The summed E-state index contributed by atoms with van der Waals surface area (Å²) < 4.78 is 20.5. The molecule has 2 N–H and O–H groups in total. The summed E-state index contributed by atoms with van der Waals surface area (Å²) >= 11 is 3.11. The van der Waals surface area contributed by atoms with Crippen molar-refractivity contribution in [3.8, 4) is 0 Å². The van der Waals surface area contributed by atoms with Crippen LogP contribution in [0.15, 0.2) is 16.6 Å². The second-order valence-electron chi connectivity index (χ2n) is 4.29. The molecule has 0 unspecified atom stereocenters. The molecule has 0 saturated carbocycles. The Morgan fingerprint density at radius 1 is 1.55 bits per heavy atom. The van der Waals surface area contributed by atoms with Crippen LogP contribution in [0.2, 0.25) is 0 Å². The molecule has 0 atom stereocenters. The van der Waals surface area contributed by atoms with Gasteiger partial charge in [-0.3, -0.25) is 4.79 Å². The SMILES string of the molecule is CCOC(=O)CCCn1c(N)nc2cc(Br)c(F)cc21. The summed E-state index contributed by atoms with van der Waals surface area (Å²) in [6.07, 6.45) is 0.859. The fourth-order valence-electron chi connectivity index (χ4n) is 1.99. The number of esters is 1. The molecule has 0 amide bonds. The van der Waals surface area contributed by atoms with Crippen molar-refractivity contribution in [2.75, 3.05) is 12.3 Å². The van der Waals surface area contributed by atoms with Gasteiger partial charge < -0.3 is 15.0 Å². The predicted octanol–water partition coefficient (Wildman–Crippen LogP) is 2.86. The van der Waals surface area contributed by atoms with E-state index in [0.29, 0.717) is 47.4 Å². The number of imidazole rings is 1. The van der Waals surface area contributed by atoms with Gasteiger partial charge in [0.15, 0.2) is 0 Å². The number of nitrogens with zero attached hydrogens (tertiary/aromatic N) is 2. The van der Waals surface area contributed by atoms with E-state index < -0.39 is 0 Å². The van der Waals surface area contributed by atoms with Crippen molar-refractivity contribution in [3.63, 3.8) is 0 Å². The first-order chi connectivity index (χ1) is 9.52. The standard InChI is InChI=1S/C13H15BrFN3O2/c1-2-20-12(19)4-3-5-18-11-7-9(15)8(14)6-10(11)17-13(18)16/h6-7H,2-5H2,1H3,(H2,16,17). The average Bonchev–Trinajstić information content (AvgIpc) is 2.67. The number of benzene rings is 1. The number of nitrogens with two attached hydrogens (primary N) is 1. The van der Waals surface area contributed by atoms with E-state index in [1.54, 1.807) is 17.6 Å². The van der Waals surface area contributed by atoms with Crippen molar-refractivity contribution in [2.24, 2.45) is 0 Å². The summed E-state index contributed by atoms with van der Waals surface area (Å²) in [4.78, 5) is 15.5. The third kappa shape index (κ3) is 3.09. The van der Waals surface area contributed by atoms with E-state index in [1.165, 1.54) is 6.07 Å². The highest BCUT2D eigenvalue weighted by atomic mass is 79.9. The maximum absolute atomic E-state index is 13.6. The minimum absolute atomic E-state index is 0.246. The third-order valence-corrected chi connectivity index (χ3v) is 3.50. The number of nitrogen functional groups attached to an aromatic ring is 1. The molecular weight excluding hydrogens is 329 g/mol. The molecule has 20 heavy (non-hydrogen) atoms. The number of ether oxygens (including phenoxy) is 1. The molecule has 5 nitrogen and oxygen atoms in total. The van der Waals surface area contributed by atoms with Crippen LogP contribution in [0.5, 0.6) is 0 Å². The maximum atomic E-state index is 13.6. The molecule has 2 aromatic rings. The summed E-state index contributed by atoms with van der Waals surface area (Å²) in [7, 11) is 0. The zero-order valence-corrected chi connectivity index (χ0v) is 12.6. The molecule has 0 aliphatic rings. The van der Waals surface area contributed by atoms with E-state index in [0.717, 1.165) is 0 Å². The van der Waals surface area contributed by atoms with E-state index in [2.05, 4.69) is 20.9 Å². The number of carbonyl (C=O) groups is 1. The van der Waals surface area contributed by atoms with Crippen molar-refractivity contribution in [2.45, 2.75) is 26.3 Å². The predicted molar refractivity (Wildman–Crippen MR) is 77.7 cm³/mol. The van der Waals surface area contributed by atoms with Gasteiger partial charge in [-0.05, 0) is 35.3 Å². The van der Waals surface area contributed by atoms with Crippen LogP contribution in [-0.4, -0.2) is 22.1 Å². The molecule has 7 heteroatoms. The molecule has 1 heterocycles. The fraction of sp³-hybridized carbons (Fsp3) is 0.385. The van der Waals surface area contributed by atoms with E-state index in [9.17, 15) is 9.18 Å². The molecule has 0 spiro atoms. The van der Waals surface area contributed by atoms with Gasteiger partial charge in [-0.15, -0.1) is 0 Å². The molecular formula is C13H15BrFN3O2. The van der Waals surface area contributed by atoms with Crippen LogP contribution >= 0.6 is 15.9 Å². The highest BCUT2D eigenvalue weighted by molar-refractivity contribution is 9.10. The largest absolute Gasteiger partial charge is 0.466 e. The summed E-state index contributed by atoms with van der Waals surface area (Å²) in [5.41, 5.74) is 7.06. The van der Waals surface area contributed by atoms with Gasteiger partial charge >= 0.3 is 5.97 Å². The normalized spacial score (nSPS) is 10.9. The number of halogens is 2. The summed E-state index contributed by atoms with van der Waals surface area (Å²) in [6, 6.07) is 2.97. The molecule has 0 fully saturated rings. The minimum Gasteiger partial charge on any atom is -0.466 e. The van der Waals surface area contributed by atoms with E-state index in [4.69, 9.17) is 10.5 Å². The lowest BCUT2D eigenvalue weighted by Gasteiger charge is -2.06. The zero-order valence-electron chi connectivity index (χ0n) is 11.0. The van der Waals surface area contributed by atoms with Gasteiger partial charge in [-0.25, -0.2) is 9.37 Å². The van der Waals surface area contributed by atoms with Gasteiger partial charge in [0.1, 0.15) is 5.82 Å². The van der Waals surface area contributed by atoms with Crippen LogP contribution in [0.3, 0.4) is 0 Å². The third-order valence-electron chi connectivity index (χ3n) is 2.89. The second kappa shape index (κ2) is 6.21. The number of carbonyl (C=O) groups excluding carboxylic acids is 1. The second-order valence-corrected chi connectivity index (χ2v) is 5.14. The van der Waals surface area contributed by atoms with Crippen LogP contribution in [0.4, 0.5) is 10.3 Å². The smallest absolute Gasteiger partial charge is 0.305 e. The Hall–Kier alpha value is -1.63. The Morgan fingerprint density at radius 3 is 3.00 bits per heavy atom. The van der Waals surface area contributed by atoms with E-state index in [-0.39, 0.29) is 11.8 Å². The molecule has 1 aromatic carbocycles.